The lowest BCUT2D eigenvalue weighted by atomic mass is 10.0. The Morgan fingerprint density at radius 2 is 2.31 bits per heavy atom. The molecule has 0 amide bonds. The van der Waals surface area contributed by atoms with Crippen molar-refractivity contribution in [1.29, 1.82) is 0 Å². The van der Waals surface area contributed by atoms with Crippen molar-refractivity contribution in [2.45, 2.75) is 18.6 Å². The largest absolute Gasteiger partial charge is 0.373 e. The highest BCUT2D eigenvalue weighted by Gasteiger charge is 2.30. The Bertz CT molecular complexity index is 298. The van der Waals surface area contributed by atoms with Crippen LogP contribution < -0.4 is 5.14 Å². The minimum absolute atomic E-state index is 0.0319. The third-order valence-corrected chi connectivity index (χ3v) is 3.51. The van der Waals surface area contributed by atoms with Crippen LogP contribution in [0, 0.1) is 5.92 Å². The molecule has 0 spiro atoms. The standard InChI is InChI=1S/C7H13NO4S/c1-5(13(8,10)11)2-6-3-12-4-7(6)9/h5-6H,2-4H2,1H3,(H2,8,10,11). The maximum Gasteiger partial charge on any atom is 0.211 e. The molecule has 1 rings (SSSR count). The minimum atomic E-state index is -3.52. The zero-order valence-corrected chi connectivity index (χ0v) is 8.21. The molecule has 0 aromatic rings. The number of carbonyl (C=O) groups is 1. The van der Waals surface area contributed by atoms with Crippen molar-refractivity contribution in [3.8, 4) is 0 Å². The van der Waals surface area contributed by atoms with Gasteiger partial charge in [0.2, 0.25) is 10.0 Å². The Morgan fingerprint density at radius 3 is 2.69 bits per heavy atom. The first kappa shape index (κ1) is 10.6. The van der Waals surface area contributed by atoms with E-state index < -0.39 is 15.3 Å². The fourth-order valence-corrected chi connectivity index (χ4v) is 1.75. The van der Waals surface area contributed by atoms with E-state index >= 15 is 0 Å². The lowest BCUT2D eigenvalue weighted by Crippen LogP contribution is -2.29. The van der Waals surface area contributed by atoms with Gasteiger partial charge >= 0.3 is 0 Å². The van der Waals surface area contributed by atoms with Crippen molar-refractivity contribution in [3.05, 3.63) is 0 Å². The Balaban J connectivity index is 2.54. The van der Waals surface area contributed by atoms with Gasteiger partial charge in [0.05, 0.1) is 11.9 Å². The summed E-state index contributed by atoms with van der Waals surface area (Å²) < 4.78 is 26.6. The first-order chi connectivity index (χ1) is 5.91. The van der Waals surface area contributed by atoms with Gasteiger partial charge < -0.3 is 4.74 Å². The van der Waals surface area contributed by atoms with Gasteiger partial charge in [0.25, 0.3) is 0 Å². The average Bonchev–Trinajstić information content (AvgIpc) is 2.34. The fraction of sp³-hybridized carbons (Fsp3) is 0.857. The highest BCUT2D eigenvalue weighted by molar-refractivity contribution is 7.89. The van der Waals surface area contributed by atoms with E-state index in [1.54, 1.807) is 0 Å². The molecule has 0 saturated carbocycles. The number of primary sulfonamides is 1. The first-order valence-corrected chi connectivity index (χ1v) is 5.64. The van der Waals surface area contributed by atoms with Crippen molar-refractivity contribution in [2.75, 3.05) is 13.2 Å². The molecule has 2 N–H and O–H groups in total. The Morgan fingerprint density at radius 1 is 1.69 bits per heavy atom. The lowest BCUT2D eigenvalue weighted by Gasteiger charge is -2.11. The van der Waals surface area contributed by atoms with Crippen LogP contribution >= 0.6 is 0 Å². The van der Waals surface area contributed by atoms with Gasteiger partial charge in [-0.25, -0.2) is 13.6 Å². The molecule has 13 heavy (non-hydrogen) atoms. The average molecular weight is 207 g/mol. The molecule has 1 aliphatic rings. The summed E-state index contributed by atoms with van der Waals surface area (Å²) in [5.41, 5.74) is 0. The molecule has 2 unspecified atom stereocenters. The molecule has 0 aromatic carbocycles. The Kier molecular flexibility index (Phi) is 3.05. The Labute approximate surface area is 77.3 Å². The first-order valence-electron chi connectivity index (χ1n) is 4.03. The second kappa shape index (κ2) is 3.73. The summed E-state index contributed by atoms with van der Waals surface area (Å²) in [6, 6.07) is 0. The van der Waals surface area contributed by atoms with Crippen LogP contribution in [0.25, 0.3) is 0 Å². The minimum Gasteiger partial charge on any atom is -0.373 e. The molecule has 1 saturated heterocycles. The second-order valence-electron chi connectivity index (χ2n) is 3.31. The maximum absolute atomic E-state index is 11.1. The smallest absolute Gasteiger partial charge is 0.211 e. The van der Waals surface area contributed by atoms with E-state index in [-0.39, 0.29) is 24.7 Å². The molecule has 1 fully saturated rings. The van der Waals surface area contributed by atoms with Crippen LogP contribution in [0.4, 0.5) is 0 Å². The summed E-state index contributed by atoms with van der Waals surface area (Å²) in [7, 11) is -3.52. The maximum atomic E-state index is 11.1. The van der Waals surface area contributed by atoms with Crippen molar-refractivity contribution in [2.24, 2.45) is 11.1 Å². The van der Waals surface area contributed by atoms with E-state index in [1.165, 1.54) is 6.92 Å². The van der Waals surface area contributed by atoms with Crippen LogP contribution in [0.1, 0.15) is 13.3 Å². The predicted octanol–water partition coefficient (Wildman–Crippen LogP) is -0.731. The second-order valence-corrected chi connectivity index (χ2v) is 5.30. The van der Waals surface area contributed by atoms with E-state index in [1.807, 2.05) is 0 Å². The van der Waals surface area contributed by atoms with E-state index in [2.05, 4.69) is 0 Å². The van der Waals surface area contributed by atoms with Crippen molar-refractivity contribution in [1.82, 2.24) is 0 Å². The fourth-order valence-electron chi connectivity index (χ4n) is 1.25. The van der Waals surface area contributed by atoms with Gasteiger partial charge in [-0.15, -0.1) is 0 Å². The van der Waals surface area contributed by atoms with Gasteiger partial charge in [-0.1, -0.05) is 0 Å². The van der Waals surface area contributed by atoms with E-state index in [0.717, 1.165) is 0 Å². The molecular formula is C7H13NO4S. The SMILES string of the molecule is CC(CC1COCC1=O)S(N)(=O)=O. The molecule has 0 aromatic heterocycles. The molecule has 0 aliphatic carbocycles. The summed E-state index contributed by atoms with van der Waals surface area (Å²) in [5, 5.41) is 4.24. The normalized spacial score (nSPS) is 26.3. The third-order valence-electron chi connectivity index (χ3n) is 2.20. The van der Waals surface area contributed by atoms with Crippen LogP contribution in [0.3, 0.4) is 0 Å². The molecule has 5 nitrogen and oxygen atoms in total. The number of ketones is 1. The highest BCUT2D eigenvalue weighted by atomic mass is 32.2. The summed E-state index contributed by atoms with van der Waals surface area (Å²) in [5.74, 6) is -0.330. The number of hydrogen-bond donors (Lipinski definition) is 1. The number of Topliss-reactive ketones (excluding diaryl/α,β-unsaturated/α-hetero) is 1. The van der Waals surface area contributed by atoms with Crippen LogP contribution in [0.15, 0.2) is 0 Å². The number of ether oxygens (including phenoxy) is 1. The molecular weight excluding hydrogens is 194 g/mol. The molecule has 76 valence electrons. The van der Waals surface area contributed by atoms with E-state index in [4.69, 9.17) is 9.88 Å². The van der Waals surface area contributed by atoms with Gasteiger partial charge in [0.1, 0.15) is 6.61 Å². The van der Waals surface area contributed by atoms with Crippen molar-refractivity contribution < 1.29 is 17.9 Å². The zero-order chi connectivity index (χ0) is 10.1. The van der Waals surface area contributed by atoms with Crippen molar-refractivity contribution >= 4 is 15.8 Å². The summed E-state index contributed by atoms with van der Waals surface area (Å²) in [6.07, 6.45) is 0.262. The van der Waals surface area contributed by atoms with Gasteiger partial charge in [0, 0.05) is 5.92 Å². The van der Waals surface area contributed by atoms with Gasteiger partial charge in [-0.2, -0.15) is 0 Å². The quantitative estimate of drug-likeness (QED) is 0.661. The number of carbonyl (C=O) groups excluding carboxylic acids is 1. The van der Waals surface area contributed by atoms with Crippen LogP contribution in [-0.2, 0) is 19.6 Å². The zero-order valence-electron chi connectivity index (χ0n) is 7.39. The van der Waals surface area contributed by atoms with Crippen LogP contribution in [-0.4, -0.2) is 32.7 Å². The van der Waals surface area contributed by atoms with Crippen molar-refractivity contribution in [3.63, 3.8) is 0 Å². The summed E-state index contributed by atoms with van der Waals surface area (Å²) in [4.78, 5) is 11.1. The van der Waals surface area contributed by atoms with E-state index in [0.29, 0.717) is 6.61 Å². The molecule has 0 bridgehead atoms. The monoisotopic (exact) mass is 207 g/mol. The lowest BCUT2D eigenvalue weighted by molar-refractivity contribution is -0.120. The van der Waals surface area contributed by atoms with Crippen LogP contribution in [0.2, 0.25) is 0 Å². The predicted molar refractivity (Wildman–Crippen MR) is 46.5 cm³/mol. The molecule has 1 aliphatic heterocycles. The molecule has 2 atom stereocenters. The number of hydrogen-bond acceptors (Lipinski definition) is 4. The molecule has 1 heterocycles. The van der Waals surface area contributed by atoms with Gasteiger partial charge in [0.15, 0.2) is 5.78 Å². The molecule has 0 radical (unpaired) electrons. The summed E-state index contributed by atoms with van der Waals surface area (Å²) in [6.45, 7) is 1.92. The number of rotatable bonds is 3. The molecule has 6 heteroatoms. The Hall–Kier alpha value is -0.460. The third kappa shape index (κ3) is 2.75. The number of sulfonamides is 1. The summed E-state index contributed by atoms with van der Waals surface area (Å²) >= 11 is 0. The highest BCUT2D eigenvalue weighted by Crippen LogP contribution is 2.17. The van der Waals surface area contributed by atoms with E-state index in [9.17, 15) is 13.2 Å². The van der Waals surface area contributed by atoms with Gasteiger partial charge in [-0.3, -0.25) is 4.79 Å². The van der Waals surface area contributed by atoms with Crippen LogP contribution in [0.5, 0.6) is 0 Å². The van der Waals surface area contributed by atoms with Gasteiger partial charge in [-0.05, 0) is 13.3 Å². The topological polar surface area (TPSA) is 86.5 Å². The number of nitrogens with two attached hydrogens (primary N) is 1.